The summed E-state index contributed by atoms with van der Waals surface area (Å²) in [5.41, 5.74) is 0. The number of urea groups is 2. The fraction of sp³-hybridized carbons (Fsp3) is 0.524. The molecule has 0 radical (unpaired) electrons. The smallest absolute Gasteiger partial charge is 0.328 e. The van der Waals surface area contributed by atoms with Gasteiger partial charge in [0.05, 0.1) is 0 Å². The number of unbranched alkanes of at least 4 members (excludes halogenated alkanes) is 4. The van der Waals surface area contributed by atoms with Crippen LogP contribution in [0.3, 0.4) is 0 Å². The third-order valence-electron chi connectivity index (χ3n) is 4.83. The van der Waals surface area contributed by atoms with Crippen molar-refractivity contribution in [3.8, 4) is 0 Å². The molecular weight excluding hydrogens is 532 g/mol. The summed E-state index contributed by atoms with van der Waals surface area (Å²) in [6.07, 6.45) is 5.63. The van der Waals surface area contributed by atoms with Crippen LogP contribution in [0.2, 0.25) is 0 Å². The first-order valence-electron chi connectivity index (χ1n) is 11.3. The zero-order chi connectivity index (χ0) is 27.3. The average Bonchev–Trinajstić information content (AvgIpc) is 3.49. The van der Waals surface area contributed by atoms with Crippen LogP contribution in [0.25, 0.3) is 0 Å². The van der Waals surface area contributed by atoms with Crippen molar-refractivity contribution in [2.75, 3.05) is 27.3 Å². The van der Waals surface area contributed by atoms with Crippen LogP contribution in [-0.2, 0) is 42.7 Å². The van der Waals surface area contributed by atoms with Gasteiger partial charge in [0.15, 0.2) is 0 Å². The van der Waals surface area contributed by atoms with E-state index in [1.807, 2.05) is 9.44 Å². The summed E-state index contributed by atoms with van der Waals surface area (Å²) in [4.78, 5) is 23.4. The van der Waals surface area contributed by atoms with E-state index in [0.717, 1.165) is 31.8 Å². The van der Waals surface area contributed by atoms with E-state index in [4.69, 9.17) is 18.3 Å². The molecule has 4 N–H and O–H groups in total. The Labute approximate surface area is 215 Å². The molecule has 0 saturated heterocycles. The van der Waals surface area contributed by atoms with Gasteiger partial charge in [-0.2, -0.15) is 0 Å². The largest absolute Gasteiger partial charge is 0.465 e. The van der Waals surface area contributed by atoms with Gasteiger partial charge in [-0.05, 0) is 12.8 Å². The topological polar surface area (TPSA) is 195 Å². The van der Waals surface area contributed by atoms with E-state index >= 15 is 0 Å². The number of nitrogens with one attached hydrogen (secondary N) is 4. The molecule has 0 aliphatic carbocycles. The van der Waals surface area contributed by atoms with E-state index in [9.17, 15) is 26.4 Å². The maximum Gasteiger partial charge on any atom is 0.328 e. The minimum Gasteiger partial charge on any atom is -0.465 e. The van der Waals surface area contributed by atoms with Gasteiger partial charge in [0.1, 0.15) is 47.1 Å². The average molecular weight is 565 g/mol. The van der Waals surface area contributed by atoms with E-state index in [2.05, 4.69) is 10.6 Å². The van der Waals surface area contributed by atoms with Crippen LogP contribution in [0.15, 0.2) is 43.3 Å². The van der Waals surface area contributed by atoms with Crippen molar-refractivity contribution in [2.45, 2.75) is 55.1 Å². The molecule has 2 aromatic heterocycles. The Bertz CT molecular complexity index is 1130. The summed E-state index contributed by atoms with van der Waals surface area (Å²) in [5, 5.41) is 4.96. The second-order valence-corrected chi connectivity index (χ2v) is 11.2. The zero-order valence-corrected chi connectivity index (χ0v) is 22.2. The first-order chi connectivity index (χ1) is 17.6. The maximum atomic E-state index is 12.2. The van der Waals surface area contributed by atoms with Gasteiger partial charge in [0, 0.05) is 39.4 Å². The Morgan fingerprint density at radius 2 is 1.08 bits per heavy atom. The van der Waals surface area contributed by atoms with E-state index in [0.29, 0.717) is 24.4 Å². The Hall–Kier alpha value is -3.08. The van der Waals surface area contributed by atoms with E-state index < -0.39 is 32.1 Å². The quantitative estimate of drug-likeness (QED) is 0.218. The Morgan fingerprint density at radius 1 is 0.703 bits per heavy atom. The minimum atomic E-state index is -4.05. The van der Waals surface area contributed by atoms with Gasteiger partial charge in [0.25, 0.3) is 20.0 Å². The van der Waals surface area contributed by atoms with E-state index in [1.165, 1.54) is 26.4 Å². The van der Waals surface area contributed by atoms with Crippen molar-refractivity contribution < 1.29 is 44.7 Å². The summed E-state index contributed by atoms with van der Waals surface area (Å²) >= 11 is 0. The minimum absolute atomic E-state index is 0.107. The van der Waals surface area contributed by atoms with Gasteiger partial charge in [-0.25, -0.2) is 35.9 Å². The Kier molecular flexibility index (Phi) is 11.9. The molecule has 2 aromatic rings. The fourth-order valence-corrected chi connectivity index (χ4v) is 4.85. The van der Waals surface area contributed by atoms with Crippen molar-refractivity contribution in [3.63, 3.8) is 0 Å². The zero-order valence-electron chi connectivity index (χ0n) is 20.6. The van der Waals surface area contributed by atoms with Crippen molar-refractivity contribution in [1.82, 2.24) is 20.1 Å². The predicted octanol–water partition coefficient (Wildman–Crippen LogP) is 1.79. The SMILES string of the molecule is COCc1cc(S(=O)(=O)NC(=O)NCCCCCCCNC(=O)NS(=O)(=O)c2coc(COC)c2)co1. The van der Waals surface area contributed by atoms with Crippen LogP contribution >= 0.6 is 0 Å². The molecule has 0 saturated carbocycles. The number of carbonyl (C=O) groups is 2. The van der Waals surface area contributed by atoms with Crippen LogP contribution in [0.5, 0.6) is 0 Å². The highest BCUT2D eigenvalue weighted by Crippen LogP contribution is 2.15. The number of hydrogen-bond acceptors (Lipinski definition) is 10. The number of methoxy groups -OCH3 is 2. The number of amides is 4. The second kappa shape index (κ2) is 14.6. The second-order valence-electron chi connectivity index (χ2n) is 7.85. The number of hydrogen-bond donors (Lipinski definition) is 4. The first kappa shape index (κ1) is 30.1. The van der Waals surface area contributed by atoms with Crippen molar-refractivity contribution in [2.24, 2.45) is 0 Å². The molecule has 0 unspecified atom stereocenters. The summed E-state index contributed by atoms with van der Waals surface area (Å²) < 4.78 is 72.3. The van der Waals surface area contributed by atoms with E-state index in [-0.39, 0.29) is 36.1 Å². The third-order valence-corrected chi connectivity index (χ3v) is 7.41. The summed E-state index contributed by atoms with van der Waals surface area (Å²) in [5.74, 6) is 0.630. The van der Waals surface area contributed by atoms with Gasteiger partial charge >= 0.3 is 12.1 Å². The summed E-state index contributed by atoms with van der Waals surface area (Å²) in [7, 11) is -5.21. The van der Waals surface area contributed by atoms with Gasteiger partial charge in [-0.3, -0.25) is 0 Å². The molecule has 37 heavy (non-hydrogen) atoms. The molecular formula is C21H32N4O10S2. The molecule has 16 heteroatoms. The lowest BCUT2D eigenvalue weighted by molar-refractivity contribution is 0.164. The lowest BCUT2D eigenvalue weighted by Crippen LogP contribution is -2.39. The summed E-state index contributed by atoms with van der Waals surface area (Å²) in [6, 6.07) is 0.860. The van der Waals surface area contributed by atoms with Crippen LogP contribution in [0.1, 0.15) is 43.6 Å². The maximum absolute atomic E-state index is 12.2. The number of rotatable bonds is 16. The van der Waals surface area contributed by atoms with Gasteiger partial charge < -0.3 is 28.9 Å². The first-order valence-corrected chi connectivity index (χ1v) is 14.3. The van der Waals surface area contributed by atoms with E-state index in [1.54, 1.807) is 0 Å². The highest BCUT2D eigenvalue weighted by Gasteiger charge is 2.21. The standard InChI is InChI=1S/C21H32N4O10S2/c1-32-12-16-10-18(14-34-16)36(28,29)24-20(26)22-8-6-4-3-5-7-9-23-21(27)25-37(30,31)19-11-17(13-33-2)35-15-19/h10-11,14-15H,3-9,12-13H2,1-2H3,(H2,22,24,26)(H2,23,25,27). The molecule has 0 aromatic carbocycles. The lowest BCUT2D eigenvalue weighted by atomic mass is 10.1. The predicted molar refractivity (Wildman–Crippen MR) is 129 cm³/mol. The normalized spacial score (nSPS) is 11.7. The molecule has 14 nitrogen and oxygen atoms in total. The number of carbonyl (C=O) groups excluding carboxylic acids is 2. The van der Waals surface area contributed by atoms with Crippen LogP contribution in [0.4, 0.5) is 9.59 Å². The lowest BCUT2D eigenvalue weighted by Gasteiger charge is -2.08. The molecule has 2 heterocycles. The van der Waals surface area contributed by atoms with Crippen LogP contribution in [0, 0.1) is 0 Å². The Balaban J connectivity index is 1.54. The molecule has 0 bridgehead atoms. The monoisotopic (exact) mass is 564 g/mol. The molecule has 2 rings (SSSR count). The highest BCUT2D eigenvalue weighted by atomic mass is 32.2. The molecule has 0 aliphatic rings. The fourth-order valence-electron chi connectivity index (χ4n) is 3.06. The third kappa shape index (κ3) is 10.4. The molecule has 208 valence electrons. The van der Waals surface area contributed by atoms with Crippen molar-refractivity contribution in [3.05, 3.63) is 36.2 Å². The van der Waals surface area contributed by atoms with Crippen LogP contribution in [-0.4, -0.2) is 56.2 Å². The molecule has 0 atom stereocenters. The van der Waals surface area contributed by atoms with Gasteiger partial charge in [0.2, 0.25) is 0 Å². The highest BCUT2D eigenvalue weighted by molar-refractivity contribution is 7.90. The van der Waals surface area contributed by atoms with Gasteiger partial charge in [-0.1, -0.05) is 19.3 Å². The molecule has 0 spiro atoms. The van der Waals surface area contributed by atoms with Crippen LogP contribution < -0.4 is 20.1 Å². The van der Waals surface area contributed by atoms with Crippen molar-refractivity contribution >= 4 is 32.1 Å². The number of furan rings is 2. The number of ether oxygens (including phenoxy) is 2. The number of sulfonamides is 2. The summed E-state index contributed by atoms with van der Waals surface area (Å²) in [6.45, 7) is 0.769. The molecule has 4 amide bonds. The molecule has 0 aliphatic heterocycles. The van der Waals surface area contributed by atoms with Crippen molar-refractivity contribution in [1.29, 1.82) is 0 Å². The van der Waals surface area contributed by atoms with Gasteiger partial charge in [-0.15, -0.1) is 0 Å². The Morgan fingerprint density at radius 3 is 1.46 bits per heavy atom. The molecule has 0 fully saturated rings.